The average Bonchev–Trinajstić information content (AvgIpc) is 2.82. The standard InChI is InChI=1S/C16H20BrNO4/c1-16(2,3)22-15(21)18-9-8-12(13(18)14(19)20)10-4-6-11(17)7-5-10/h4-7,12-13H,8-9H2,1-3H3,(H,19,20)/t12-,13+/m1/s1. The number of aliphatic carboxylic acids is 1. The number of carbonyl (C=O) groups excluding carboxylic acids is 1. The summed E-state index contributed by atoms with van der Waals surface area (Å²) < 4.78 is 6.26. The molecule has 22 heavy (non-hydrogen) atoms. The normalized spacial score (nSPS) is 21.7. The monoisotopic (exact) mass is 369 g/mol. The van der Waals surface area contributed by atoms with Gasteiger partial charge in [-0.05, 0) is 44.9 Å². The number of halogens is 1. The lowest BCUT2D eigenvalue weighted by Gasteiger charge is -2.28. The molecule has 1 heterocycles. The second-order valence-electron chi connectivity index (χ2n) is 6.40. The molecule has 2 rings (SSSR count). The molecule has 0 spiro atoms. The first-order chi connectivity index (χ1) is 10.2. The summed E-state index contributed by atoms with van der Waals surface area (Å²) in [5.41, 5.74) is 0.275. The fraction of sp³-hybridized carbons (Fsp3) is 0.500. The maximum atomic E-state index is 12.2. The summed E-state index contributed by atoms with van der Waals surface area (Å²) in [6, 6.07) is 6.65. The molecule has 0 saturated carbocycles. The van der Waals surface area contributed by atoms with Crippen LogP contribution in [0.25, 0.3) is 0 Å². The number of rotatable bonds is 2. The fourth-order valence-electron chi connectivity index (χ4n) is 2.68. The largest absolute Gasteiger partial charge is 0.480 e. The Hall–Kier alpha value is -1.56. The highest BCUT2D eigenvalue weighted by Gasteiger charge is 2.44. The first-order valence-corrected chi connectivity index (χ1v) is 7.96. The van der Waals surface area contributed by atoms with Gasteiger partial charge < -0.3 is 9.84 Å². The highest BCUT2D eigenvalue weighted by atomic mass is 79.9. The van der Waals surface area contributed by atoms with Crippen LogP contribution >= 0.6 is 15.9 Å². The molecule has 1 saturated heterocycles. The number of likely N-dealkylation sites (tertiary alicyclic amines) is 1. The van der Waals surface area contributed by atoms with Gasteiger partial charge in [0, 0.05) is 16.9 Å². The van der Waals surface area contributed by atoms with E-state index in [1.54, 1.807) is 20.8 Å². The molecule has 2 atom stereocenters. The minimum atomic E-state index is -1.00. The number of hydrogen-bond acceptors (Lipinski definition) is 3. The molecular formula is C16H20BrNO4. The molecule has 0 aromatic heterocycles. The first-order valence-electron chi connectivity index (χ1n) is 7.17. The number of nitrogens with zero attached hydrogens (tertiary/aromatic N) is 1. The minimum Gasteiger partial charge on any atom is -0.480 e. The van der Waals surface area contributed by atoms with Gasteiger partial charge in [-0.15, -0.1) is 0 Å². The van der Waals surface area contributed by atoms with Gasteiger partial charge in [-0.1, -0.05) is 28.1 Å². The van der Waals surface area contributed by atoms with E-state index >= 15 is 0 Å². The van der Waals surface area contributed by atoms with Crippen molar-refractivity contribution in [1.29, 1.82) is 0 Å². The van der Waals surface area contributed by atoms with E-state index in [0.717, 1.165) is 10.0 Å². The molecule has 1 amide bonds. The quantitative estimate of drug-likeness (QED) is 0.864. The van der Waals surface area contributed by atoms with Gasteiger partial charge in [0.05, 0.1) is 0 Å². The molecule has 0 bridgehead atoms. The van der Waals surface area contributed by atoms with Gasteiger partial charge in [-0.25, -0.2) is 9.59 Å². The van der Waals surface area contributed by atoms with Crippen molar-refractivity contribution in [1.82, 2.24) is 4.90 Å². The van der Waals surface area contributed by atoms with E-state index < -0.39 is 23.7 Å². The van der Waals surface area contributed by atoms with Crippen LogP contribution in [0.1, 0.15) is 38.7 Å². The van der Waals surface area contributed by atoms with Gasteiger partial charge in [0.2, 0.25) is 0 Å². The van der Waals surface area contributed by atoms with Crippen LogP contribution in [0.5, 0.6) is 0 Å². The van der Waals surface area contributed by atoms with Crippen LogP contribution in [0.3, 0.4) is 0 Å². The number of carboxylic acid groups (broad SMARTS) is 1. The summed E-state index contributed by atoms with van der Waals surface area (Å²) in [5, 5.41) is 9.56. The van der Waals surface area contributed by atoms with Crippen LogP contribution < -0.4 is 0 Å². The lowest BCUT2D eigenvalue weighted by molar-refractivity contribution is -0.142. The van der Waals surface area contributed by atoms with Gasteiger partial charge in [-0.3, -0.25) is 4.90 Å². The fourth-order valence-corrected chi connectivity index (χ4v) is 2.95. The number of amides is 1. The van der Waals surface area contributed by atoms with Crippen LogP contribution in [0.2, 0.25) is 0 Å². The van der Waals surface area contributed by atoms with E-state index in [2.05, 4.69) is 15.9 Å². The van der Waals surface area contributed by atoms with Crippen molar-refractivity contribution in [2.45, 2.75) is 44.8 Å². The van der Waals surface area contributed by atoms with Crippen LogP contribution in [0.15, 0.2) is 28.7 Å². The van der Waals surface area contributed by atoms with E-state index in [1.807, 2.05) is 24.3 Å². The number of carboxylic acids is 1. The van der Waals surface area contributed by atoms with Crippen LogP contribution in [-0.4, -0.2) is 40.3 Å². The first kappa shape index (κ1) is 16.8. The lowest BCUT2D eigenvalue weighted by Crippen LogP contribution is -2.45. The predicted octanol–water partition coefficient (Wildman–Crippen LogP) is 3.63. The van der Waals surface area contributed by atoms with Crippen LogP contribution in [0.4, 0.5) is 4.79 Å². The second-order valence-corrected chi connectivity index (χ2v) is 7.32. The van der Waals surface area contributed by atoms with E-state index in [-0.39, 0.29) is 5.92 Å². The van der Waals surface area contributed by atoms with Gasteiger partial charge in [0.25, 0.3) is 0 Å². The maximum Gasteiger partial charge on any atom is 0.411 e. The summed E-state index contributed by atoms with van der Waals surface area (Å²) in [5.74, 6) is -1.23. The molecule has 1 aromatic carbocycles. The van der Waals surface area contributed by atoms with Gasteiger partial charge >= 0.3 is 12.1 Å². The van der Waals surface area contributed by atoms with E-state index in [1.165, 1.54) is 4.90 Å². The topological polar surface area (TPSA) is 66.8 Å². The zero-order valence-electron chi connectivity index (χ0n) is 12.9. The molecule has 0 radical (unpaired) electrons. The van der Waals surface area contributed by atoms with Gasteiger partial charge in [0.1, 0.15) is 11.6 Å². The van der Waals surface area contributed by atoms with E-state index in [4.69, 9.17) is 4.74 Å². The minimum absolute atomic E-state index is 0.224. The smallest absolute Gasteiger partial charge is 0.411 e. The molecular weight excluding hydrogens is 350 g/mol. The molecule has 0 unspecified atom stereocenters. The molecule has 5 nitrogen and oxygen atoms in total. The predicted molar refractivity (Wildman–Crippen MR) is 85.9 cm³/mol. The number of carbonyl (C=O) groups is 2. The molecule has 1 aliphatic heterocycles. The molecule has 0 aliphatic carbocycles. The van der Waals surface area contributed by atoms with Crippen molar-refractivity contribution < 1.29 is 19.4 Å². The Balaban J connectivity index is 2.23. The average molecular weight is 370 g/mol. The summed E-state index contributed by atoms with van der Waals surface area (Å²) in [6.07, 6.45) is 0.0391. The van der Waals surface area contributed by atoms with Crippen molar-refractivity contribution >= 4 is 28.0 Å². The van der Waals surface area contributed by atoms with Crippen LogP contribution in [0, 0.1) is 0 Å². The Kier molecular flexibility index (Phi) is 4.80. The maximum absolute atomic E-state index is 12.2. The Labute approximate surface area is 138 Å². The Morgan fingerprint density at radius 1 is 1.27 bits per heavy atom. The van der Waals surface area contributed by atoms with E-state index in [0.29, 0.717) is 13.0 Å². The molecule has 120 valence electrons. The molecule has 1 aromatic rings. The van der Waals surface area contributed by atoms with Crippen molar-refractivity contribution in [2.24, 2.45) is 0 Å². The summed E-state index contributed by atoms with van der Waals surface area (Å²) in [7, 11) is 0. The molecule has 1 N–H and O–H groups in total. The summed E-state index contributed by atoms with van der Waals surface area (Å²) in [4.78, 5) is 25.2. The molecule has 1 fully saturated rings. The van der Waals surface area contributed by atoms with Crippen molar-refractivity contribution in [3.05, 3.63) is 34.3 Å². The van der Waals surface area contributed by atoms with Crippen LogP contribution in [-0.2, 0) is 9.53 Å². The Bertz CT molecular complexity index is 565. The second kappa shape index (κ2) is 6.28. The number of ether oxygens (including phenoxy) is 1. The van der Waals surface area contributed by atoms with E-state index in [9.17, 15) is 14.7 Å². The Morgan fingerprint density at radius 2 is 1.86 bits per heavy atom. The summed E-state index contributed by atoms with van der Waals surface area (Å²) in [6.45, 7) is 5.68. The highest BCUT2D eigenvalue weighted by molar-refractivity contribution is 9.10. The third-order valence-electron chi connectivity index (χ3n) is 3.58. The third kappa shape index (κ3) is 3.80. The van der Waals surface area contributed by atoms with Crippen molar-refractivity contribution in [3.8, 4) is 0 Å². The zero-order chi connectivity index (χ0) is 16.5. The molecule has 1 aliphatic rings. The Morgan fingerprint density at radius 3 is 2.36 bits per heavy atom. The number of hydrogen-bond donors (Lipinski definition) is 1. The van der Waals surface area contributed by atoms with Gasteiger partial charge in [0.15, 0.2) is 0 Å². The third-order valence-corrected chi connectivity index (χ3v) is 4.11. The van der Waals surface area contributed by atoms with Crippen molar-refractivity contribution in [2.75, 3.05) is 6.54 Å². The highest BCUT2D eigenvalue weighted by Crippen LogP contribution is 2.35. The van der Waals surface area contributed by atoms with Crippen molar-refractivity contribution in [3.63, 3.8) is 0 Å². The SMILES string of the molecule is CC(C)(C)OC(=O)N1CC[C@H](c2ccc(Br)cc2)[C@H]1C(=O)O. The number of benzene rings is 1. The van der Waals surface area contributed by atoms with Gasteiger partial charge in [-0.2, -0.15) is 0 Å². The zero-order valence-corrected chi connectivity index (χ0v) is 14.5. The summed E-state index contributed by atoms with van der Waals surface area (Å²) >= 11 is 3.37. The lowest BCUT2D eigenvalue weighted by atomic mass is 9.92. The molecule has 6 heteroatoms.